The number of carbonyl (C=O) groups is 2. The van der Waals surface area contributed by atoms with Gasteiger partial charge in [0.1, 0.15) is 0 Å². The van der Waals surface area contributed by atoms with Crippen LogP contribution in [-0.2, 0) is 16.0 Å². The maximum absolute atomic E-state index is 12.7. The van der Waals surface area contributed by atoms with Crippen molar-refractivity contribution in [2.45, 2.75) is 63.6 Å². The average Bonchev–Trinajstić information content (AvgIpc) is 2.60. The summed E-state index contributed by atoms with van der Waals surface area (Å²) in [6, 6.07) is 9.17. The van der Waals surface area contributed by atoms with E-state index in [0.29, 0.717) is 25.7 Å². The number of amides is 1. The molecule has 0 aliphatic heterocycles. The first-order valence-corrected chi connectivity index (χ1v) is 9.36. The molecule has 0 radical (unpaired) electrons. The first-order chi connectivity index (χ1) is 12.7. The summed E-state index contributed by atoms with van der Waals surface area (Å²) < 4.78 is 38.2. The third kappa shape index (κ3) is 7.61. The number of carbonyl (C=O) groups excluding carboxylic acids is 1. The highest BCUT2D eigenvalue weighted by Crippen LogP contribution is 2.40. The smallest absolute Gasteiger partial charge is 0.391 e. The molecule has 0 aromatic heterocycles. The Morgan fingerprint density at radius 3 is 2.30 bits per heavy atom. The molecule has 2 N–H and O–H groups in total. The highest BCUT2D eigenvalue weighted by molar-refractivity contribution is 5.76. The summed E-state index contributed by atoms with van der Waals surface area (Å²) in [5, 5.41) is 11.8. The van der Waals surface area contributed by atoms with Gasteiger partial charge in [-0.1, -0.05) is 30.3 Å². The molecule has 27 heavy (non-hydrogen) atoms. The van der Waals surface area contributed by atoms with Gasteiger partial charge in [-0.3, -0.25) is 9.59 Å². The van der Waals surface area contributed by atoms with E-state index in [-0.39, 0.29) is 43.6 Å². The predicted molar refractivity (Wildman–Crippen MR) is 95.1 cm³/mol. The molecule has 1 amide bonds. The van der Waals surface area contributed by atoms with Gasteiger partial charge >= 0.3 is 12.1 Å². The zero-order valence-corrected chi connectivity index (χ0v) is 15.2. The van der Waals surface area contributed by atoms with E-state index >= 15 is 0 Å². The number of carboxylic acid groups (broad SMARTS) is 1. The number of halogens is 3. The average molecular weight is 385 g/mol. The zero-order chi connectivity index (χ0) is 19.9. The molecule has 4 nitrogen and oxygen atoms in total. The van der Waals surface area contributed by atoms with Gasteiger partial charge in [0, 0.05) is 18.9 Å². The summed E-state index contributed by atoms with van der Waals surface area (Å²) in [6.45, 7) is 0. The van der Waals surface area contributed by atoms with E-state index in [9.17, 15) is 22.8 Å². The maximum Gasteiger partial charge on any atom is 0.391 e. The molecule has 0 saturated heterocycles. The molecule has 1 aliphatic carbocycles. The van der Waals surface area contributed by atoms with Gasteiger partial charge < -0.3 is 10.4 Å². The van der Waals surface area contributed by atoms with Crippen molar-refractivity contribution >= 4 is 11.9 Å². The molecule has 7 heteroatoms. The van der Waals surface area contributed by atoms with Crippen LogP contribution in [0.5, 0.6) is 0 Å². The standard InChI is InChI=1S/C20H26F3NO3/c21-20(22,23)16-8-6-15(7-9-16)13-18(25)24-17(10-11-19(26)27)12-14-4-2-1-3-5-14/h1-5,15-17H,6-13H2,(H,24,25)(H,26,27). The fourth-order valence-electron chi connectivity index (χ4n) is 3.66. The van der Waals surface area contributed by atoms with Crippen LogP contribution in [0.3, 0.4) is 0 Å². The molecule has 0 bridgehead atoms. The third-order valence-corrected chi connectivity index (χ3v) is 5.18. The Bertz CT molecular complexity index is 611. The van der Waals surface area contributed by atoms with Gasteiger partial charge in [-0.2, -0.15) is 13.2 Å². The molecule has 150 valence electrons. The van der Waals surface area contributed by atoms with Crippen molar-refractivity contribution in [2.24, 2.45) is 11.8 Å². The van der Waals surface area contributed by atoms with Crippen molar-refractivity contribution in [1.29, 1.82) is 0 Å². The van der Waals surface area contributed by atoms with Gasteiger partial charge in [0.05, 0.1) is 5.92 Å². The van der Waals surface area contributed by atoms with Crippen molar-refractivity contribution in [3.8, 4) is 0 Å². The fourth-order valence-corrected chi connectivity index (χ4v) is 3.66. The van der Waals surface area contributed by atoms with E-state index in [1.54, 1.807) is 0 Å². The second kappa shape index (κ2) is 9.76. The fraction of sp³-hybridized carbons (Fsp3) is 0.600. The highest BCUT2D eigenvalue weighted by atomic mass is 19.4. The Balaban J connectivity index is 1.84. The predicted octanol–water partition coefficient (Wildman–Crippen LogP) is 4.34. The molecular weight excluding hydrogens is 359 g/mol. The Morgan fingerprint density at radius 1 is 1.11 bits per heavy atom. The molecule has 1 saturated carbocycles. The number of aliphatic carboxylic acids is 1. The van der Waals surface area contributed by atoms with E-state index in [2.05, 4.69) is 5.32 Å². The topological polar surface area (TPSA) is 66.4 Å². The van der Waals surface area contributed by atoms with Gasteiger partial charge in [0.2, 0.25) is 5.91 Å². The molecule has 1 aromatic rings. The number of alkyl halides is 3. The summed E-state index contributed by atoms with van der Waals surface area (Å²) >= 11 is 0. The van der Waals surface area contributed by atoms with Crippen LogP contribution in [0.25, 0.3) is 0 Å². The maximum atomic E-state index is 12.7. The van der Waals surface area contributed by atoms with Crippen LogP contribution in [0.15, 0.2) is 30.3 Å². The lowest BCUT2D eigenvalue weighted by atomic mass is 9.80. The van der Waals surface area contributed by atoms with Crippen LogP contribution in [-0.4, -0.2) is 29.2 Å². The second-order valence-corrected chi connectivity index (χ2v) is 7.35. The van der Waals surface area contributed by atoms with Gasteiger partial charge in [0.15, 0.2) is 0 Å². The van der Waals surface area contributed by atoms with E-state index in [1.165, 1.54) is 0 Å². The normalized spacial score (nSPS) is 21.4. The molecule has 1 unspecified atom stereocenters. The Kier molecular flexibility index (Phi) is 7.68. The number of hydrogen-bond acceptors (Lipinski definition) is 2. The summed E-state index contributed by atoms with van der Waals surface area (Å²) in [6.07, 6.45) is -2.20. The van der Waals surface area contributed by atoms with E-state index in [4.69, 9.17) is 5.11 Å². The van der Waals surface area contributed by atoms with Crippen LogP contribution in [0, 0.1) is 11.8 Å². The van der Waals surface area contributed by atoms with Crippen molar-refractivity contribution in [3.63, 3.8) is 0 Å². The molecule has 1 aliphatic rings. The first-order valence-electron chi connectivity index (χ1n) is 9.36. The quantitative estimate of drug-likeness (QED) is 0.700. The van der Waals surface area contributed by atoms with Crippen molar-refractivity contribution in [3.05, 3.63) is 35.9 Å². The zero-order valence-electron chi connectivity index (χ0n) is 15.2. The first kappa shape index (κ1) is 21.3. The summed E-state index contributed by atoms with van der Waals surface area (Å²) in [7, 11) is 0. The minimum atomic E-state index is -4.15. The highest BCUT2D eigenvalue weighted by Gasteiger charge is 2.41. The minimum absolute atomic E-state index is 0.0413. The number of carboxylic acids is 1. The van der Waals surface area contributed by atoms with Crippen LogP contribution < -0.4 is 5.32 Å². The summed E-state index contributed by atoms with van der Waals surface area (Å²) in [4.78, 5) is 23.2. The van der Waals surface area contributed by atoms with E-state index < -0.39 is 18.1 Å². The molecule has 1 atom stereocenters. The number of rotatable bonds is 8. The van der Waals surface area contributed by atoms with Crippen LogP contribution in [0.4, 0.5) is 13.2 Å². The van der Waals surface area contributed by atoms with Crippen molar-refractivity contribution < 1.29 is 27.9 Å². The van der Waals surface area contributed by atoms with Crippen LogP contribution in [0.1, 0.15) is 50.5 Å². The molecule has 2 rings (SSSR count). The third-order valence-electron chi connectivity index (χ3n) is 5.18. The lowest BCUT2D eigenvalue weighted by Crippen LogP contribution is -2.38. The van der Waals surface area contributed by atoms with Gasteiger partial charge in [0.25, 0.3) is 0 Å². The van der Waals surface area contributed by atoms with Gasteiger partial charge in [-0.15, -0.1) is 0 Å². The molecular formula is C20H26F3NO3. The number of nitrogens with one attached hydrogen (secondary N) is 1. The van der Waals surface area contributed by atoms with Crippen molar-refractivity contribution in [2.75, 3.05) is 0 Å². The number of benzene rings is 1. The molecule has 0 heterocycles. The van der Waals surface area contributed by atoms with Gasteiger partial charge in [-0.05, 0) is 50.0 Å². The summed E-state index contributed by atoms with van der Waals surface area (Å²) in [5.41, 5.74) is 0.999. The Hall–Kier alpha value is -2.05. The SMILES string of the molecule is O=C(O)CCC(Cc1ccccc1)NC(=O)CC1CCC(C(F)(F)F)CC1. The second-order valence-electron chi connectivity index (χ2n) is 7.35. The van der Waals surface area contributed by atoms with Crippen LogP contribution >= 0.6 is 0 Å². The largest absolute Gasteiger partial charge is 0.481 e. The Labute approximate surface area is 157 Å². The van der Waals surface area contributed by atoms with E-state index in [0.717, 1.165) is 5.56 Å². The number of hydrogen-bond donors (Lipinski definition) is 2. The minimum Gasteiger partial charge on any atom is -0.481 e. The Morgan fingerprint density at radius 2 is 1.74 bits per heavy atom. The van der Waals surface area contributed by atoms with E-state index in [1.807, 2.05) is 30.3 Å². The molecule has 0 spiro atoms. The lowest BCUT2D eigenvalue weighted by Gasteiger charge is -2.30. The molecule has 1 aromatic carbocycles. The monoisotopic (exact) mass is 385 g/mol. The molecule has 1 fully saturated rings. The van der Waals surface area contributed by atoms with Crippen LogP contribution in [0.2, 0.25) is 0 Å². The van der Waals surface area contributed by atoms with Gasteiger partial charge in [-0.25, -0.2) is 0 Å². The summed E-state index contributed by atoms with van der Waals surface area (Å²) in [5.74, 6) is -2.43. The lowest BCUT2D eigenvalue weighted by molar-refractivity contribution is -0.184. The van der Waals surface area contributed by atoms with Crippen molar-refractivity contribution in [1.82, 2.24) is 5.32 Å².